The van der Waals surface area contributed by atoms with Gasteiger partial charge in [-0.25, -0.2) is 0 Å². The van der Waals surface area contributed by atoms with Crippen molar-refractivity contribution < 1.29 is 31.5 Å². The number of rotatable bonds is 7. The second-order valence-corrected chi connectivity index (χ2v) is 8.71. The van der Waals surface area contributed by atoms with Crippen LogP contribution in [0.4, 0.5) is 18.9 Å². The van der Waals surface area contributed by atoms with Gasteiger partial charge in [0, 0.05) is 30.5 Å². The van der Waals surface area contributed by atoms with Crippen LogP contribution in [0.5, 0.6) is 5.75 Å². The summed E-state index contributed by atoms with van der Waals surface area (Å²) in [6, 6.07) is 7.23. The van der Waals surface area contributed by atoms with Gasteiger partial charge in [0.1, 0.15) is 5.75 Å². The summed E-state index contributed by atoms with van der Waals surface area (Å²) >= 11 is 12.2. The molecule has 2 aromatic rings. The Hall–Kier alpha value is -1.44. The molecule has 0 aliphatic heterocycles. The molecule has 28 heavy (non-hydrogen) atoms. The summed E-state index contributed by atoms with van der Waals surface area (Å²) in [5, 5.41) is 3.10. The van der Waals surface area contributed by atoms with Crippen LogP contribution in [0.15, 0.2) is 36.4 Å². The topological polar surface area (TPSA) is 56.8 Å². The number of benzene rings is 2. The number of ether oxygens (including phenoxy) is 1. The van der Waals surface area contributed by atoms with Crippen LogP contribution in [0.2, 0.25) is 10.0 Å². The van der Waals surface area contributed by atoms with Crippen molar-refractivity contribution in [1.82, 2.24) is 0 Å². The van der Waals surface area contributed by atoms with Gasteiger partial charge in [-0.05, 0) is 30.3 Å². The second kappa shape index (κ2) is 8.93. The van der Waals surface area contributed by atoms with E-state index in [2.05, 4.69) is 5.32 Å². The Labute approximate surface area is 170 Å². The van der Waals surface area contributed by atoms with Crippen LogP contribution in [-0.4, -0.2) is 21.3 Å². The molecule has 11 heteroatoms. The molecule has 0 unspecified atom stereocenters. The highest BCUT2D eigenvalue weighted by Gasteiger charge is 2.39. The SMILES string of the molecule is COc1c(Cl)cc(Cl)cc1[C@@H](Nc1cccc(C(F)(F)F)c1)P(=O)(OC)OC. The van der Waals surface area contributed by atoms with Crippen LogP contribution in [0.3, 0.4) is 0 Å². The summed E-state index contributed by atoms with van der Waals surface area (Å²) in [5.41, 5.74) is -0.645. The van der Waals surface area contributed by atoms with Gasteiger partial charge in [-0.15, -0.1) is 0 Å². The molecule has 2 aromatic carbocycles. The lowest BCUT2D eigenvalue weighted by atomic mass is 10.1. The predicted octanol–water partition coefficient (Wildman–Crippen LogP) is 6.62. The van der Waals surface area contributed by atoms with E-state index in [9.17, 15) is 17.7 Å². The number of methoxy groups -OCH3 is 1. The van der Waals surface area contributed by atoms with Gasteiger partial charge in [-0.2, -0.15) is 13.2 Å². The summed E-state index contributed by atoms with van der Waals surface area (Å²) in [6.07, 6.45) is -4.55. The molecule has 0 aliphatic rings. The predicted molar refractivity (Wildman–Crippen MR) is 102 cm³/mol. The third-order valence-corrected chi connectivity index (χ3v) is 6.41. The van der Waals surface area contributed by atoms with Gasteiger partial charge in [0.2, 0.25) is 0 Å². The van der Waals surface area contributed by atoms with Gasteiger partial charge in [-0.1, -0.05) is 29.3 Å². The van der Waals surface area contributed by atoms with Crippen molar-refractivity contribution >= 4 is 36.5 Å². The third kappa shape index (κ3) is 4.93. The van der Waals surface area contributed by atoms with Crippen LogP contribution < -0.4 is 10.1 Å². The molecule has 0 aromatic heterocycles. The fourth-order valence-electron chi connectivity index (χ4n) is 2.55. The summed E-state index contributed by atoms with van der Waals surface area (Å²) in [4.78, 5) is 0. The van der Waals surface area contributed by atoms with Crippen LogP contribution in [-0.2, 0) is 19.8 Å². The lowest BCUT2D eigenvalue weighted by Gasteiger charge is -2.28. The highest BCUT2D eigenvalue weighted by Crippen LogP contribution is 2.61. The average molecular weight is 458 g/mol. The largest absolute Gasteiger partial charge is 0.495 e. The molecule has 2 rings (SSSR count). The van der Waals surface area contributed by atoms with E-state index in [1.807, 2.05) is 0 Å². The van der Waals surface area contributed by atoms with Gasteiger partial charge in [0.15, 0.2) is 5.78 Å². The Morgan fingerprint density at radius 1 is 1.07 bits per heavy atom. The zero-order chi connectivity index (χ0) is 21.1. The Morgan fingerprint density at radius 2 is 1.71 bits per heavy atom. The minimum absolute atomic E-state index is 0.0345. The highest BCUT2D eigenvalue weighted by atomic mass is 35.5. The van der Waals surface area contributed by atoms with Crippen LogP contribution in [0, 0.1) is 0 Å². The fourth-order valence-corrected chi connectivity index (χ4v) is 4.55. The minimum Gasteiger partial charge on any atom is -0.495 e. The van der Waals surface area contributed by atoms with Crippen molar-refractivity contribution in [2.45, 2.75) is 12.0 Å². The van der Waals surface area contributed by atoms with E-state index in [4.69, 9.17) is 37.0 Å². The quantitative estimate of drug-likeness (QED) is 0.473. The van der Waals surface area contributed by atoms with Crippen molar-refractivity contribution in [3.8, 4) is 5.75 Å². The highest BCUT2D eigenvalue weighted by molar-refractivity contribution is 7.54. The smallest absolute Gasteiger partial charge is 0.416 e. The first kappa shape index (κ1) is 22.8. The molecule has 0 amide bonds. The molecule has 0 radical (unpaired) electrons. The molecule has 1 atom stereocenters. The molecule has 154 valence electrons. The Bertz CT molecular complexity index is 887. The van der Waals surface area contributed by atoms with Crippen molar-refractivity contribution in [1.29, 1.82) is 0 Å². The molecule has 0 aliphatic carbocycles. The van der Waals surface area contributed by atoms with E-state index in [1.165, 1.54) is 31.4 Å². The maximum absolute atomic E-state index is 13.2. The molecular weight excluding hydrogens is 441 g/mol. The normalized spacial score (nSPS) is 13.3. The van der Waals surface area contributed by atoms with E-state index in [1.54, 1.807) is 0 Å². The molecule has 0 heterocycles. The van der Waals surface area contributed by atoms with Crippen molar-refractivity contribution in [3.05, 3.63) is 57.6 Å². The first-order chi connectivity index (χ1) is 13.1. The van der Waals surface area contributed by atoms with Gasteiger partial charge >= 0.3 is 13.8 Å². The Balaban J connectivity index is 2.62. The van der Waals surface area contributed by atoms with Crippen molar-refractivity contribution in [2.24, 2.45) is 0 Å². The molecular formula is C17H17Cl2F3NO4P. The zero-order valence-corrected chi connectivity index (χ0v) is 17.4. The van der Waals surface area contributed by atoms with E-state index in [0.717, 1.165) is 26.4 Å². The van der Waals surface area contributed by atoms with Crippen LogP contribution >= 0.6 is 30.8 Å². The number of alkyl halides is 3. The Kier molecular flexibility index (Phi) is 7.28. The molecule has 0 saturated heterocycles. The lowest BCUT2D eigenvalue weighted by Crippen LogP contribution is -2.15. The van der Waals surface area contributed by atoms with Crippen LogP contribution in [0.1, 0.15) is 16.9 Å². The molecule has 0 bridgehead atoms. The summed E-state index contributed by atoms with van der Waals surface area (Å²) < 4.78 is 67.6. The van der Waals surface area contributed by atoms with Crippen LogP contribution in [0.25, 0.3) is 0 Å². The third-order valence-electron chi connectivity index (χ3n) is 3.85. The maximum atomic E-state index is 13.2. The zero-order valence-electron chi connectivity index (χ0n) is 15.0. The number of halogens is 5. The van der Waals surface area contributed by atoms with E-state index in [0.29, 0.717) is 0 Å². The fraction of sp³-hybridized carbons (Fsp3) is 0.294. The number of nitrogens with one attached hydrogen (secondary N) is 1. The van der Waals surface area contributed by atoms with Gasteiger partial charge < -0.3 is 19.1 Å². The van der Waals surface area contributed by atoms with E-state index < -0.39 is 25.1 Å². The maximum Gasteiger partial charge on any atom is 0.416 e. The summed E-state index contributed by atoms with van der Waals surface area (Å²) in [6.45, 7) is 0. The molecule has 0 spiro atoms. The van der Waals surface area contributed by atoms with E-state index >= 15 is 0 Å². The first-order valence-corrected chi connectivity index (χ1v) is 10.1. The summed E-state index contributed by atoms with van der Waals surface area (Å²) in [5.74, 6) is -1.12. The Morgan fingerprint density at radius 3 is 2.25 bits per heavy atom. The minimum atomic E-state index is -4.55. The van der Waals surface area contributed by atoms with E-state index in [-0.39, 0.29) is 27.0 Å². The molecule has 5 nitrogen and oxygen atoms in total. The second-order valence-electron chi connectivity index (χ2n) is 5.54. The summed E-state index contributed by atoms with van der Waals surface area (Å²) in [7, 11) is -0.253. The number of anilines is 1. The van der Waals surface area contributed by atoms with Gasteiger partial charge in [-0.3, -0.25) is 4.57 Å². The standard InChI is InChI=1S/C17H17Cl2F3NO4P/c1-25-15-13(8-11(18)9-14(15)19)16(28(24,26-2)27-3)23-12-6-4-5-10(7-12)17(20,21)22/h4-9,16,23H,1-3H3/t16-/m0/s1. The van der Waals surface area contributed by atoms with Crippen molar-refractivity contribution in [3.63, 3.8) is 0 Å². The number of hydrogen-bond acceptors (Lipinski definition) is 5. The van der Waals surface area contributed by atoms with Gasteiger partial charge in [0.25, 0.3) is 0 Å². The molecule has 0 fully saturated rings. The monoisotopic (exact) mass is 457 g/mol. The first-order valence-electron chi connectivity index (χ1n) is 7.73. The lowest BCUT2D eigenvalue weighted by molar-refractivity contribution is -0.137. The molecule has 1 N–H and O–H groups in total. The van der Waals surface area contributed by atoms with Crippen molar-refractivity contribution in [2.75, 3.05) is 26.6 Å². The molecule has 0 saturated carbocycles. The van der Waals surface area contributed by atoms with Gasteiger partial charge in [0.05, 0.1) is 17.7 Å². The number of hydrogen-bond donors (Lipinski definition) is 1. The average Bonchev–Trinajstić information content (AvgIpc) is 2.64.